The summed E-state index contributed by atoms with van der Waals surface area (Å²) < 4.78 is 10.5. The molecule has 18 heavy (non-hydrogen) atoms. The van der Waals surface area contributed by atoms with Gasteiger partial charge in [0.15, 0.2) is 6.10 Å². The Hall–Kier alpha value is -2.02. The molecule has 0 saturated heterocycles. The fourth-order valence-corrected chi connectivity index (χ4v) is 1.47. The van der Waals surface area contributed by atoms with Crippen molar-refractivity contribution in [1.82, 2.24) is 0 Å². The molecule has 0 aromatic heterocycles. The maximum absolute atomic E-state index is 11.6. The molecular formula is C14H17NO3. The van der Waals surface area contributed by atoms with E-state index in [9.17, 15) is 4.79 Å². The lowest BCUT2D eigenvalue weighted by molar-refractivity contribution is -0.151. The molecule has 0 amide bonds. The molecule has 0 saturated carbocycles. The molecule has 0 heterocycles. The zero-order valence-electron chi connectivity index (χ0n) is 10.7. The van der Waals surface area contributed by atoms with Gasteiger partial charge < -0.3 is 9.47 Å². The molecule has 1 aromatic rings. The smallest absolute Gasteiger partial charge is 0.347 e. The van der Waals surface area contributed by atoms with Crippen LogP contribution in [0, 0.1) is 11.3 Å². The molecule has 0 radical (unpaired) electrons. The monoisotopic (exact) mass is 247 g/mol. The van der Waals surface area contributed by atoms with E-state index >= 15 is 0 Å². The van der Waals surface area contributed by atoms with Gasteiger partial charge in [0.05, 0.1) is 19.1 Å². The van der Waals surface area contributed by atoms with E-state index in [0.29, 0.717) is 25.2 Å². The van der Waals surface area contributed by atoms with E-state index in [-0.39, 0.29) is 5.97 Å². The van der Waals surface area contributed by atoms with Gasteiger partial charge in [-0.25, -0.2) is 4.79 Å². The van der Waals surface area contributed by atoms with E-state index in [1.807, 2.05) is 19.1 Å². The number of nitriles is 1. The van der Waals surface area contributed by atoms with Crippen molar-refractivity contribution in [2.45, 2.75) is 32.8 Å². The molecule has 1 unspecified atom stereocenters. The molecule has 0 spiro atoms. The van der Waals surface area contributed by atoms with Crippen molar-refractivity contribution >= 4 is 5.97 Å². The Morgan fingerprint density at radius 1 is 1.33 bits per heavy atom. The van der Waals surface area contributed by atoms with E-state index in [1.165, 1.54) is 0 Å². The van der Waals surface area contributed by atoms with E-state index in [2.05, 4.69) is 6.07 Å². The molecule has 0 bridgehead atoms. The summed E-state index contributed by atoms with van der Waals surface area (Å²) >= 11 is 0. The fourth-order valence-electron chi connectivity index (χ4n) is 1.47. The highest BCUT2D eigenvalue weighted by molar-refractivity contribution is 5.75. The number of rotatable bonds is 6. The van der Waals surface area contributed by atoms with E-state index in [1.54, 1.807) is 19.1 Å². The Balaban J connectivity index is 2.64. The topological polar surface area (TPSA) is 59.3 Å². The van der Waals surface area contributed by atoms with Gasteiger partial charge in [-0.1, -0.05) is 19.1 Å². The van der Waals surface area contributed by atoms with Crippen LogP contribution < -0.4 is 4.74 Å². The SMILES string of the molecule is CCOC(=O)C(CC)Oc1ccc(CC#N)cc1. The van der Waals surface area contributed by atoms with Crippen molar-refractivity contribution in [2.24, 2.45) is 0 Å². The zero-order chi connectivity index (χ0) is 13.4. The number of carbonyl (C=O) groups is 1. The molecular weight excluding hydrogens is 230 g/mol. The Bertz CT molecular complexity index is 420. The largest absolute Gasteiger partial charge is 0.479 e. The molecule has 0 aliphatic heterocycles. The molecule has 4 heteroatoms. The van der Waals surface area contributed by atoms with Crippen LogP contribution in [0.1, 0.15) is 25.8 Å². The molecule has 1 aromatic carbocycles. The summed E-state index contributed by atoms with van der Waals surface area (Å²) in [4.78, 5) is 11.6. The minimum Gasteiger partial charge on any atom is -0.479 e. The van der Waals surface area contributed by atoms with Gasteiger partial charge in [-0.15, -0.1) is 0 Å². The molecule has 4 nitrogen and oxygen atoms in total. The lowest BCUT2D eigenvalue weighted by Crippen LogP contribution is -2.28. The molecule has 96 valence electrons. The van der Waals surface area contributed by atoms with Crippen LogP contribution in [0.4, 0.5) is 0 Å². The van der Waals surface area contributed by atoms with Crippen molar-refractivity contribution in [2.75, 3.05) is 6.61 Å². The highest BCUT2D eigenvalue weighted by Gasteiger charge is 2.19. The first-order valence-corrected chi connectivity index (χ1v) is 6.00. The molecule has 1 rings (SSSR count). The Morgan fingerprint density at radius 2 is 2.00 bits per heavy atom. The molecule has 0 aliphatic carbocycles. The van der Waals surface area contributed by atoms with Gasteiger partial charge in [0, 0.05) is 0 Å². The van der Waals surface area contributed by atoms with Gasteiger partial charge in [0.1, 0.15) is 5.75 Å². The summed E-state index contributed by atoms with van der Waals surface area (Å²) in [6.45, 7) is 3.98. The molecule has 0 N–H and O–H groups in total. The number of carbonyl (C=O) groups excluding carboxylic acids is 1. The normalized spacial score (nSPS) is 11.4. The number of hydrogen-bond donors (Lipinski definition) is 0. The van der Waals surface area contributed by atoms with E-state index in [0.717, 1.165) is 5.56 Å². The van der Waals surface area contributed by atoms with Gasteiger partial charge in [-0.2, -0.15) is 5.26 Å². The number of hydrogen-bond acceptors (Lipinski definition) is 4. The minimum absolute atomic E-state index is 0.346. The van der Waals surface area contributed by atoms with Crippen LogP contribution >= 0.6 is 0 Å². The molecule has 0 aliphatic rings. The average molecular weight is 247 g/mol. The van der Waals surface area contributed by atoms with Crippen LogP contribution in [0.15, 0.2) is 24.3 Å². The first kappa shape index (κ1) is 14.0. The first-order valence-electron chi connectivity index (χ1n) is 6.00. The summed E-state index contributed by atoms with van der Waals surface area (Å²) in [5.41, 5.74) is 0.925. The van der Waals surface area contributed by atoms with Crippen molar-refractivity contribution in [3.8, 4) is 11.8 Å². The summed E-state index contributed by atoms with van der Waals surface area (Å²) in [6, 6.07) is 9.22. The highest BCUT2D eigenvalue weighted by Crippen LogP contribution is 2.16. The third-order valence-corrected chi connectivity index (χ3v) is 2.41. The van der Waals surface area contributed by atoms with Gasteiger partial charge in [-0.3, -0.25) is 0 Å². The first-order chi connectivity index (χ1) is 8.71. The highest BCUT2D eigenvalue weighted by atomic mass is 16.6. The molecule has 1 atom stereocenters. The Labute approximate surface area is 107 Å². The number of esters is 1. The van der Waals surface area contributed by atoms with Crippen LogP contribution in [0.5, 0.6) is 5.75 Å². The standard InChI is InChI=1S/C14H17NO3/c1-3-13(14(16)17-4-2)18-12-7-5-11(6-8-12)9-10-15/h5-8,13H,3-4,9H2,1-2H3. The maximum atomic E-state index is 11.6. The van der Waals surface area contributed by atoms with Crippen molar-refractivity contribution in [3.05, 3.63) is 29.8 Å². The van der Waals surface area contributed by atoms with Crippen LogP contribution in [-0.2, 0) is 16.0 Å². The van der Waals surface area contributed by atoms with Crippen LogP contribution in [0.3, 0.4) is 0 Å². The van der Waals surface area contributed by atoms with Crippen molar-refractivity contribution in [3.63, 3.8) is 0 Å². The lowest BCUT2D eigenvalue weighted by Gasteiger charge is -2.16. The summed E-state index contributed by atoms with van der Waals surface area (Å²) in [6.07, 6.45) is 0.348. The van der Waals surface area contributed by atoms with Crippen LogP contribution in [-0.4, -0.2) is 18.7 Å². The average Bonchev–Trinajstić information content (AvgIpc) is 2.38. The predicted molar refractivity (Wildman–Crippen MR) is 67.1 cm³/mol. The van der Waals surface area contributed by atoms with Crippen LogP contribution in [0.25, 0.3) is 0 Å². The predicted octanol–water partition coefficient (Wildman–Crippen LogP) is 2.47. The Kier molecular flexibility index (Phi) is 5.72. The number of ether oxygens (including phenoxy) is 2. The summed E-state index contributed by atoms with van der Waals surface area (Å²) in [5.74, 6) is 0.262. The number of benzene rings is 1. The van der Waals surface area contributed by atoms with Gasteiger partial charge in [0.2, 0.25) is 0 Å². The quantitative estimate of drug-likeness (QED) is 0.724. The third-order valence-electron chi connectivity index (χ3n) is 2.41. The second kappa shape index (κ2) is 7.33. The van der Waals surface area contributed by atoms with Gasteiger partial charge >= 0.3 is 5.97 Å². The lowest BCUT2D eigenvalue weighted by atomic mass is 10.1. The van der Waals surface area contributed by atoms with Gasteiger partial charge in [0.25, 0.3) is 0 Å². The van der Waals surface area contributed by atoms with Crippen molar-refractivity contribution in [1.29, 1.82) is 5.26 Å². The Morgan fingerprint density at radius 3 is 2.50 bits per heavy atom. The minimum atomic E-state index is -0.577. The van der Waals surface area contributed by atoms with E-state index < -0.39 is 6.10 Å². The summed E-state index contributed by atoms with van der Waals surface area (Å²) in [5, 5.41) is 8.56. The fraction of sp³-hybridized carbons (Fsp3) is 0.429. The van der Waals surface area contributed by atoms with E-state index in [4.69, 9.17) is 14.7 Å². The van der Waals surface area contributed by atoms with Crippen LogP contribution in [0.2, 0.25) is 0 Å². The second-order valence-corrected chi connectivity index (χ2v) is 3.75. The molecule has 0 fully saturated rings. The summed E-state index contributed by atoms with van der Waals surface area (Å²) in [7, 11) is 0. The number of nitrogens with zero attached hydrogens (tertiary/aromatic N) is 1. The third kappa shape index (κ3) is 4.10. The maximum Gasteiger partial charge on any atom is 0.347 e. The van der Waals surface area contributed by atoms with Gasteiger partial charge in [-0.05, 0) is 31.0 Å². The van der Waals surface area contributed by atoms with Crippen molar-refractivity contribution < 1.29 is 14.3 Å². The second-order valence-electron chi connectivity index (χ2n) is 3.75. The zero-order valence-corrected chi connectivity index (χ0v) is 10.7.